The second kappa shape index (κ2) is 7.75. The Morgan fingerprint density at radius 2 is 1.83 bits per heavy atom. The molecule has 0 bridgehead atoms. The summed E-state index contributed by atoms with van der Waals surface area (Å²) >= 11 is 5.56. The minimum atomic E-state index is 0.0818. The van der Waals surface area contributed by atoms with Crippen LogP contribution in [0.5, 0.6) is 0 Å². The van der Waals surface area contributed by atoms with Gasteiger partial charge >= 0.3 is 0 Å². The Kier molecular flexibility index (Phi) is 5.46. The van der Waals surface area contributed by atoms with Gasteiger partial charge in [0.15, 0.2) is 5.11 Å². The maximum Gasteiger partial charge on any atom is 0.229 e. The van der Waals surface area contributed by atoms with Gasteiger partial charge in [-0.3, -0.25) is 4.79 Å². The molecule has 24 heavy (non-hydrogen) atoms. The average Bonchev–Trinajstić information content (AvgIpc) is 2.63. The molecule has 0 heterocycles. The molecule has 1 aliphatic rings. The highest BCUT2D eigenvalue weighted by atomic mass is 32.1. The van der Waals surface area contributed by atoms with Crippen molar-refractivity contribution in [1.29, 1.82) is 0 Å². The Labute approximate surface area is 149 Å². The number of thiocarbonyl (C=S) groups is 1. The van der Waals surface area contributed by atoms with Crippen molar-refractivity contribution in [2.75, 3.05) is 11.4 Å². The van der Waals surface area contributed by atoms with Crippen molar-refractivity contribution in [3.63, 3.8) is 0 Å². The summed E-state index contributed by atoms with van der Waals surface area (Å²) in [6.07, 6.45) is 5.49. The van der Waals surface area contributed by atoms with Gasteiger partial charge in [-0.1, -0.05) is 55.7 Å². The number of benzene rings is 2. The van der Waals surface area contributed by atoms with Crippen molar-refractivity contribution in [2.24, 2.45) is 5.92 Å². The van der Waals surface area contributed by atoms with E-state index in [0.717, 1.165) is 43.3 Å². The van der Waals surface area contributed by atoms with Gasteiger partial charge in [0.2, 0.25) is 5.91 Å². The van der Waals surface area contributed by atoms with Crippen LogP contribution in [0.1, 0.15) is 39.0 Å². The lowest BCUT2D eigenvalue weighted by Gasteiger charge is -2.27. The smallest absolute Gasteiger partial charge is 0.229 e. The van der Waals surface area contributed by atoms with E-state index in [0.29, 0.717) is 5.11 Å². The largest absolute Gasteiger partial charge is 0.318 e. The second-order valence-corrected chi connectivity index (χ2v) is 6.76. The molecule has 3 nitrogen and oxygen atoms in total. The van der Waals surface area contributed by atoms with Crippen molar-refractivity contribution in [1.82, 2.24) is 5.32 Å². The first-order valence-corrected chi connectivity index (χ1v) is 9.21. The zero-order valence-electron chi connectivity index (χ0n) is 14.1. The standard InChI is InChI=1S/C20H24N2OS/c1-2-22(18-14-8-12-15-9-6-7-13-17(15)18)20(24)21-19(23)16-10-4-3-5-11-16/h6-9,12-14,16H,2-5,10-11H2,1H3,(H,21,23,24). The van der Waals surface area contributed by atoms with E-state index in [1.54, 1.807) is 0 Å². The number of rotatable bonds is 3. The lowest BCUT2D eigenvalue weighted by atomic mass is 9.89. The van der Waals surface area contributed by atoms with Crippen LogP contribution in [0.25, 0.3) is 10.8 Å². The molecule has 2 aromatic rings. The third-order valence-corrected chi connectivity index (χ3v) is 5.15. The van der Waals surface area contributed by atoms with Crippen molar-refractivity contribution in [3.05, 3.63) is 42.5 Å². The number of hydrogen-bond acceptors (Lipinski definition) is 2. The first-order valence-electron chi connectivity index (χ1n) is 8.81. The lowest BCUT2D eigenvalue weighted by Crippen LogP contribution is -2.45. The number of amides is 1. The van der Waals surface area contributed by atoms with Gasteiger partial charge < -0.3 is 10.2 Å². The molecule has 1 saturated carbocycles. The van der Waals surface area contributed by atoms with Crippen molar-refractivity contribution in [2.45, 2.75) is 39.0 Å². The van der Waals surface area contributed by atoms with Gasteiger partial charge in [-0.05, 0) is 43.4 Å². The van der Waals surface area contributed by atoms with Crippen LogP contribution in [-0.2, 0) is 4.79 Å². The number of anilines is 1. The topological polar surface area (TPSA) is 32.3 Å². The summed E-state index contributed by atoms with van der Waals surface area (Å²) < 4.78 is 0. The monoisotopic (exact) mass is 340 g/mol. The van der Waals surface area contributed by atoms with E-state index in [4.69, 9.17) is 12.2 Å². The molecular formula is C20H24N2OS. The molecule has 0 spiro atoms. The number of fused-ring (bicyclic) bond motifs is 1. The van der Waals surface area contributed by atoms with Gasteiger partial charge in [0, 0.05) is 17.8 Å². The normalized spacial score (nSPS) is 15.2. The van der Waals surface area contributed by atoms with E-state index in [-0.39, 0.29) is 11.8 Å². The molecule has 0 unspecified atom stereocenters. The Morgan fingerprint density at radius 1 is 1.12 bits per heavy atom. The highest BCUT2D eigenvalue weighted by Gasteiger charge is 2.23. The van der Waals surface area contributed by atoms with Crippen molar-refractivity contribution >= 4 is 39.7 Å². The highest BCUT2D eigenvalue weighted by molar-refractivity contribution is 7.80. The van der Waals surface area contributed by atoms with Gasteiger partial charge in [0.1, 0.15) is 0 Å². The summed E-state index contributed by atoms with van der Waals surface area (Å²) in [4.78, 5) is 14.5. The number of nitrogens with zero attached hydrogens (tertiary/aromatic N) is 1. The fourth-order valence-electron chi connectivity index (χ4n) is 3.51. The van der Waals surface area contributed by atoms with Crippen LogP contribution < -0.4 is 10.2 Å². The number of carbonyl (C=O) groups is 1. The predicted molar refractivity (Wildman–Crippen MR) is 104 cm³/mol. The fraction of sp³-hybridized carbons (Fsp3) is 0.400. The summed E-state index contributed by atoms with van der Waals surface area (Å²) in [6.45, 7) is 2.78. The third kappa shape index (κ3) is 3.59. The molecule has 1 N–H and O–H groups in total. The molecule has 1 fully saturated rings. The van der Waals surface area contributed by atoms with Gasteiger partial charge in [0.05, 0.1) is 5.69 Å². The van der Waals surface area contributed by atoms with Crippen LogP contribution in [0.15, 0.2) is 42.5 Å². The van der Waals surface area contributed by atoms with Crippen molar-refractivity contribution < 1.29 is 4.79 Å². The zero-order valence-corrected chi connectivity index (χ0v) is 14.9. The van der Waals surface area contributed by atoms with E-state index >= 15 is 0 Å². The minimum Gasteiger partial charge on any atom is -0.318 e. The molecule has 0 saturated heterocycles. The summed E-state index contributed by atoms with van der Waals surface area (Å²) in [5.41, 5.74) is 1.05. The SMILES string of the molecule is CCN(C(=S)NC(=O)C1CCCCC1)c1cccc2ccccc12. The maximum atomic E-state index is 12.5. The molecule has 126 valence electrons. The van der Waals surface area contributed by atoms with Crippen LogP contribution in [0.2, 0.25) is 0 Å². The van der Waals surface area contributed by atoms with Gasteiger partial charge in [-0.2, -0.15) is 0 Å². The van der Waals surface area contributed by atoms with E-state index in [1.165, 1.54) is 11.8 Å². The number of hydrogen-bond donors (Lipinski definition) is 1. The minimum absolute atomic E-state index is 0.0818. The Bertz CT molecular complexity index is 732. The van der Waals surface area contributed by atoms with Crippen LogP contribution >= 0.6 is 12.2 Å². The first-order chi connectivity index (χ1) is 11.7. The molecule has 0 aromatic heterocycles. The molecule has 1 amide bonds. The van der Waals surface area contributed by atoms with Gasteiger partial charge in [-0.15, -0.1) is 0 Å². The third-order valence-electron chi connectivity index (χ3n) is 4.82. The van der Waals surface area contributed by atoms with Crippen molar-refractivity contribution in [3.8, 4) is 0 Å². The summed E-state index contributed by atoms with van der Waals surface area (Å²) in [6, 6.07) is 14.4. The van der Waals surface area contributed by atoms with E-state index in [1.807, 2.05) is 23.1 Å². The Hall–Kier alpha value is -1.94. The molecule has 0 radical (unpaired) electrons. The number of carbonyl (C=O) groups excluding carboxylic acids is 1. The van der Waals surface area contributed by atoms with Crippen LogP contribution in [0.4, 0.5) is 5.69 Å². The molecule has 0 aliphatic heterocycles. The highest BCUT2D eigenvalue weighted by Crippen LogP contribution is 2.27. The maximum absolute atomic E-state index is 12.5. The lowest BCUT2D eigenvalue weighted by molar-refractivity contribution is -0.124. The van der Waals surface area contributed by atoms with E-state index in [2.05, 4.69) is 36.5 Å². The Morgan fingerprint density at radius 3 is 2.58 bits per heavy atom. The first kappa shape index (κ1) is 16.9. The molecule has 1 aliphatic carbocycles. The van der Waals surface area contributed by atoms with Gasteiger partial charge in [0.25, 0.3) is 0 Å². The summed E-state index contributed by atoms with van der Waals surface area (Å²) in [7, 11) is 0. The summed E-state index contributed by atoms with van der Waals surface area (Å²) in [5, 5.41) is 5.81. The quantitative estimate of drug-likeness (QED) is 0.826. The fourth-order valence-corrected chi connectivity index (χ4v) is 3.83. The van der Waals surface area contributed by atoms with E-state index in [9.17, 15) is 4.79 Å². The van der Waals surface area contributed by atoms with E-state index < -0.39 is 0 Å². The molecule has 0 atom stereocenters. The molecule has 4 heteroatoms. The zero-order chi connectivity index (χ0) is 16.9. The summed E-state index contributed by atoms with van der Waals surface area (Å²) in [5.74, 6) is 0.196. The number of nitrogens with one attached hydrogen (secondary N) is 1. The van der Waals surface area contributed by atoms with Crippen LogP contribution in [0, 0.1) is 5.92 Å². The predicted octanol–water partition coefficient (Wildman–Crippen LogP) is 4.65. The van der Waals surface area contributed by atoms with Crippen LogP contribution in [0.3, 0.4) is 0 Å². The Balaban J connectivity index is 1.79. The average molecular weight is 340 g/mol. The van der Waals surface area contributed by atoms with Gasteiger partial charge in [-0.25, -0.2) is 0 Å². The molecule has 3 rings (SSSR count). The molecular weight excluding hydrogens is 316 g/mol. The van der Waals surface area contributed by atoms with Crippen LogP contribution in [-0.4, -0.2) is 17.6 Å². The second-order valence-electron chi connectivity index (χ2n) is 6.37. The molecule has 2 aromatic carbocycles.